The summed E-state index contributed by atoms with van der Waals surface area (Å²) in [7, 11) is -4.38. The van der Waals surface area contributed by atoms with Crippen molar-refractivity contribution in [1.29, 1.82) is 0 Å². The number of benzene rings is 3. The molecule has 10 nitrogen and oxygen atoms in total. The lowest BCUT2D eigenvalue weighted by Crippen LogP contribution is -2.33. The summed E-state index contributed by atoms with van der Waals surface area (Å²) in [4.78, 5) is 41.0. The SMILES string of the molecule is O=C1c2ccccc2C(=O)N1c1nc2ccccc2n1S(=O)(=O)c1ccc([N+](=O)[O-])cc1. The maximum atomic E-state index is 13.6. The molecule has 4 aromatic rings. The van der Waals surface area contributed by atoms with E-state index in [9.17, 15) is 28.1 Å². The van der Waals surface area contributed by atoms with Crippen LogP contribution in [0.5, 0.6) is 0 Å². The number of carbonyl (C=O) groups is 2. The van der Waals surface area contributed by atoms with Crippen LogP contribution in [0.25, 0.3) is 11.0 Å². The second kappa shape index (κ2) is 6.82. The number of nitrogens with zero attached hydrogens (tertiary/aromatic N) is 4. The molecule has 5 rings (SSSR count). The van der Waals surface area contributed by atoms with Crippen molar-refractivity contribution in [2.24, 2.45) is 0 Å². The van der Waals surface area contributed by atoms with Gasteiger partial charge in [-0.2, -0.15) is 3.97 Å². The van der Waals surface area contributed by atoms with Gasteiger partial charge in [0, 0.05) is 12.1 Å². The van der Waals surface area contributed by atoms with Crippen LogP contribution in [0.3, 0.4) is 0 Å². The molecule has 0 N–H and O–H groups in total. The van der Waals surface area contributed by atoms with Crippen molar-refractivity contribution in [2.75, 3.05) is 4.90 Å². The molecule has 1 aliphatic heterocycles. The normalized spacial score (nSPS) is 13.6. The van der Waals surface area contributed by atoms with E-state index in [1.54, 1.807) is 30.3 Å². The number of hydrogen-bond acceptors (Lipinski definition) is 7. The molecule has 0 bridgehead atoms. The predicted octanol–water partition coefficient (Wildman–Crippen LogP) is 2.98. The van der Waals surface area contributed by atoms with Crippen molar-refractivity contribution in [3.63, 3.8) is 0 Å². The number of imide groups is 1. The molecular formula is C21H12N4O6S. The Hall–Kier alpha value is -4.38. The molecule has 0 aliphatic carbocycles. The van der Waals surface area contributed by atoms with Crippen LogP contribution >= 0.6 is 0 Å². The minimum Gasteiger partial charge on any atom is -0.268 e. The Bertz CT molecular complexity index is 1520. The molecule has 0 fully saturated rings. The zero-order valence-electron chi connectivity index (χ0n) is 16.1. The predicted molar refractivity (Wildman–Crippen MR) is 113 cm³/mol. The molecular weight excluding hydrogens is 436 g/mol. The average Bonchev–Trinajstić information content (AvgIpc) is 3.29. The second-order valence-corrected chi connectivity index (χ2v) is 8.70. The summed E-state index contributed by atoms with van der Waals surface area (Å²) < 4.78 is 27.9. The molecule has 11 heteroatoms. The molecule has 0 saturated heterocycles. The third-order valence-corrected chi connectivity index (χ3v) is 6.79. The molecule has 2 amide bonds. The van der Waals surface area contributed by atoms with E-state index in [4.69, 9.17) is 0 Å². The van der Waals surface area contributed by atoms with Gasteiger partial charge in [0.15, 0.2) is 0 Å². The first-order valence-electron chi connectivity index (χ1n) is 9.26. The minimum absolute atomic E-state index is 0.142. The smallest absolute Gasteiger partial charge is 0.268 e. The molecule has 0 unspecified atom stereocenters. The quantitative estimate of drug-likeness (QED) is 0.266. The number of carbonyl (C=O) groups excluding carboxylic acids is 2. The van der Waals surface area contributed by atoms with Gasteiger partial charge in [-0.1, -0.05) is 24.3 Å². The van der Waals surface area contributed by atoms with Gasteiger partial charge in [0.2, 0.25) is 5.95 Å². The number of para-hydroxylation sites is 2. The van der Waals surface area contributed by atoms with E-state index in [2.05, 4.69) is 4.98 Å². The van der Waals surface area contributed by atoms with Crippen LogP contribution in [-0.4, -0.2) is 34.1 Å². The van der Waals surface area contributed by atoms with Crippen LogP contribution in [-0.2, 0) is 10.0 Å². The summed E-state index contributed by atoms with van der Waals surface area (Å²) in [5.41, 5.74) is 0.412. The van der Waals surface area contributed by atoms with E-state index in [0.29, 0.717) is 0 Å². The van der Waals surface area contributed by atoms with Gasteiger partial charge in [0.25, 0.3) is 27.5 Å². The second-order valence-electron chi connectivity index (χ2n) is 6.91. The van der Waals surface area contributed by atoms with Gasteiger partial charge in [0.05, 0.1) is 32.0 Å². The Morgan fingerprint density at radius 1 is 0.812 bits per heavy atom. The van der Waals surface area contributed by atoms with Gasteiger partial charge >= 0.3 is 0 Å². The Balaban J connectivity index is 1.74. The van der Waals surface area contributed by atoms with Crippen LogP contribution in [0, 0.1) is 10.1 Å². The van der Waals surface area contributed by atoms with E-state index in [1.165, 1.54) is 18.2 Å². The molecule has 32 heavy (non-hydrogen) atoms. The van der Waals surface area contributed by atoms with Crippen molar-refractivity contribution in [1.82, 2.24) is 8.96 Å². The molecule has 3 aromatic carbocycles. The van der Waals surface area contributed by atoms with E-state index in [-0.39, 0.29) is 38.7 Å². The number of aromatic nitrogens is 2. The van der Waals surface area contributed by atoms with Crippen LogP contribution in [0.4, 0.5) is 11.6 Å². The summed E-state index contributed by atoms with van der Waals surface area (Å²) in [6.07, 6.45) is 0. The van der Waals surface area contributed by atoms with Gasteiger partial charge in [-0.3, -0.25) is 19.7 Å². The highest BCUT2D eigenvalue weighted by Gasteiger charge is 2.41. The maximum Gasteiger partial charge on any atom is 0.271 e. The maximum absolute atomic E-state index is 13.6. The fourth-order valence-electron chi connectivity index (χ4n) is 3.59. The number of fused-ring (bicyclic) bond motifs is 2. The van der Waals surface area contributed by atoms with E-state index >= 15 is 0 Å². The molecule has 2 heterocycles. The monoisotopic (exact) mass is 448 g/mol. The lowest BCUT2D eigenvalue weighted by atomic mass is 10.1. The van der Waals surface area contributed by atoms with Crippen molar-refractivity contribution < 1.29 is 22.9 Å². The highest BCUT2D eigenvalue weighted by atomic mass is 32.2. The summed E-state index contributed by atoms with van der Waals surface area (Å²) >= 11 is 0. The van der Waals surface area contributed by atoms with Gasteiger partial charge in [-0.25, -0.2) is 18.3 Å². The van der Waals surface area contributed by atoms with Gasteiger partial charge < -0.3 is 0 Å². The van der Waals surface area contributed by atoms with Crippen LogP contribution < -0.4 is 4.90 Å². The first-order valence-corrected chi connectivity index (χ1v) is 10.7. The number of anilines is 1. The van der Waals surface area contributed by atoms with E-state index < -0.39 is 26.8 Å². The first kappa shape index (κ1) is 19.6. The number of non-ortho nitro benzene ring substituents is 1. The summed E-state index contributed by atoms with van der Waals surface area (Å²) in [5, 5.41) is 10.9. The number of hydrogen-bond donors (Lipinski definition) is 0. The fourth-order valence-corrected chi connectivity index (χ4v) is 5.03. The van der Waals surface area contributed by atoms with Crippen molar-refractivity contribution in [3.05, 3.63) is 94.0 Å². The van der Waals surface area contributed by atoms with Gasteiger partial charge in [-0.05, 0) is 36.4 Å². The minimum atomic E-state index is -4.38. The molecule has 0 saturated carbocycles. The lowest BCUT2D eigenvalue weighted by molar-refractivity contribution is -0.384. The zero-order valence-corrected chi connectivity index (χ0v) is 16.9. The Kier molecular flexibility index (Phi) is 4.17. The Morgan fingerprint density at radius 2 is 1.38 bits per heavy atom. The lowest BCUT2D eigenvalue weighted by Gasteiger charge is -2.16. The number of nitro groups is 1. The molecule has 0 radical (unpaired) electrons. The number of amides is 2. The summed E-state index contributed by atoms with van der Waals surface area (Å²) in [6, 6.07) is 16.8. The first-order chi connectivity index (χ1) is 15.3. The summed E-state index contributed by atoms with van der Waals surface area (Å²) in [6.45, 7) is 0. The molecule has 1 aliphatic rings. The molecule has 1 aromatic heterocycles. The average molecular weight is 448 g/mol. The molecule has 0 atom stereocenters. The van der Waals surface area contributed by atoms with Crippen molar-refractivity contribution in [3.8, 4) is 0 Å². The Labute approximate surface area is 180 Å². The van der Waals surface area contributed by atoms with E-state index in [1.807, 2.05) is 0 Å². The highest BCUT2D eigenvalue weighted by molar-refractivity contribution is 7.90. The molecule has 158 valence electrons. The standard InChI is InChI=1S/C21H12N4O6S/c26-19-15-5-1-2-6-16(15)20(27)23(19)21-22-17-7-3-4-8-18(17)24(21)32(30,31)14-11-9-13(10-12-14)25(28)29/h1-12H. The van der Waals surface area contributed by atoms with Crippen molar-refractivity contribution in [2.45, 2.75) is 4.90 Å². The van der Waals surface area contributed by atoms with Crippen LogP contribution in [0.2, 0.25) is 0 Å². The van der Waals surface area contributed by atoms with Gasteiger partial charge in [0.1, 0.15) is 0 Å². The van der Waals surface area contributed by atoms with Crippen LogP contribution in [0.1, 0.15) is 20.7 Å². The van der Waals surface area contributed by atoms with Crippen molar-refractivity contribution >= 4 is 44.5 Å². The topological polar surface area (TPSA) is 132 Å². The zero-order chi connectivity index (χ0) is 22.6. The Morgan fingerprint density at radius 3 is 1.97 bits per heavy atom. The molecule has 0 spiro atoms. The largest absolute Gasteiger partial charge is 0.271 e. The van der Waals surface area contributed by atoms with Crippen LogP contribution in [0.15, 0.2) is 77.7 Å². The number of imidazole rings is 1. The van der Waals surface area contributed by atoms with E-state index in [0.717, 1.165) is 33.1 Å². The summed E-state index contributed by atoms with van der Waals surface area (Å²) in [5.74, 6) is -1.77. The highest BCUT2D eigenvalue weighted by Crippen LogP contribution is 2.33. The number of rotatable bonds is 4. The fraction of sp³-hybridized carbons (Fsp3) is 0. The third-order valence-electron chi connectivity index (χ3n) is 5.08. The third kappa shape index (κ3) is 2.72. The number of nitro benzene ring substituents is 1. The van der Waals surface area contributed by atoms with Gasteiger partial charge in [-0.15, -0.1) is 0 Å².